The summed E-state index contributed by atoms with van der Waals surface area (Å²) in [6, 6.07) is 3.73. The molecule has 1 N–H and O–H groups in total. The molecule has 0 radical (unpaired) electrons. The second kappa shape index (κ2) is 5.89. The number of carboxylic acids is 1. The van der Waals surface area contributed by atoms with Gasteiger partial charge in [-0.1, -0.05) is 24.6 Å². The lowest BCUT2D eigenvalue weighted by Crippen LogP contribution is -2.40. The van der Waals surface area contributed by atoms with Gasteiger partial charge < -0.3 is 10.0 Å². The van der Waals surface area contributed by atoms with Gasteiger partial charge in [0.1, 0.15) is 6.04 Å². The number of anilines is 1. The molecule has 0 heterocycles. The Labute approximate surface area is 109 Å². The fourth-order valence-corrected chi connectivity index (χ4v) is 2.50. The quantitative estimate of drug-likeness (QED) is 0.870. The average Bonchev–Trinajstić information content (AvgIpc) is 2.25. The Balaban J connectivity index is 3.25. The first-order chi connectivity index (χ1) is 8.38. The van der Waals surface area contributed by atoms with Gasteiger partial charge in [-0.05, 0) is 45.2 Å². The SMILES string of the molecule is CCCN(c1c(C)cc(C)cc1C)[C@@H](C)C(=O)O. The summed E-state index contributed by atoms with van der Waals surface area (Å²) in [7, 11) is 0. The zero-order valence-electron chi connectivity index (χ0n) is 11.9. The Hall–Kier alpha value is -1.51. The summed E-state index contributed by atoms with van der Waals surface area (Å²) in [4.78, 5) is 13.2. The predicted octanol–water partition coefficient (Wildman–Crippen LogP) is 3.30. The van der Waals surface area contributed by atoms with Crippen LogP contribution in [0.2, 0.25) is 0 Å². The van der Waals surface area contributed by atoms with Crippen LogP contribution in [0.25, 0.3) is 0 Å². The number of hydrogen-bond acceptors (Lipinski definition) is 2. The highest BCUT2D eigenvalue weighted by molar-refractivity contribution is 5.79. The lowest BCUT2D eigenvalue weighted by Gasteiger charge is -2.31. The molecule has 0 bridgehead atoms. The van der Waals surface area contributed by atoms with E-state index >= 15 is 0 Å². The maximum absolute atomic E-state index is 11.2. The zero-order valence-corrected chi connectivity index (χ0v) is 11.9. The molecule has 100 valence electrons. The first kappa shape index (κ1) is 14.6. The van der Waals surface area contributed by atoms with E-state index in [-0.39, 0.29) is 0 Å². The minimum absolute atomic E-state index is 0.495. The molecular formula is C15H23NO2. The van der Waals surface area contributed by atoms with Gasteiger partial charge in [0.15, 0.2) is 0 Å². The van der Waals surface area contributed by atoms with Crippen LogP contribution in [-0.2, 0) is 4.79 Å². The molecule has 0 aromatic heterocycles. The minimum atomic E-state index is -0.775. The van der Waals surface area contributed by atoms with E-state index in [9.17, 15) is 9.90 Å². The fraction of sp³-hybridized carbons (Fsp3) is 0.533. The zero-order chi connectivity index (χ0) is 13.9. The van der Waals surface area contributed by atoms with Gasteiger partial charge in [0.25, 0.3) is 0 Å². The summed E-state index contributed by atoms with van der Waals surface area (Å²) in [6.45, 7) is 10.7. The van der Waals surface area contributed by atoms with Crippen molar-refractivity contribution < 1.29 is 9.90 Å². The topological polar surface area (TPSA) is 40.5 Å². The molecule has 1 rings (SSSR count). The predicted molar refractivity (Wildman–Crippen MR) is 75.4 cm³/mol. The molecule has 3 nitrogen and oxygen atoms in total. The van der Waals surface area contributed by atoms with Crippen LogP contribution in [0.4, 0.5) is 5.69 Å². The van der Waals surface area contributed by atoms with E-state index in [0.717, 1.165) is 29.8 Å². The molecule has 0 spiro atoms. The van der Waals surface area contributed by atoms with Crippen LogP contribution in [0, 0.1) is 20.8 Å². The van der Waals surface area contributed by atoms with Crippen molar-refractivity contribution >= 4 is 11.7 Å². The molecule has 0 aliphatic rings. The van der Waals surface area contributed by atoms with E-state index in [4.69, 9.17) is 0 Å². The van der Waals surface area contributed by atoms with Crippen LogP contribution in [0.15, 0.2) is 12.1 Å². The van der Waals surface area contributed by atoms with Gasteiger partial charge in [-0.2, -0.15) is 0 Å². The van der Waals surface area contributed by atoms with Crippen molar-refractivity contribution in [3.05, 3.63) is 28.8 Å². The second-order valence-corrected chi connectivity index (χ2v) is 4.95. The Kier molecular flexibility index (Phi) is 4.76. The third kappa shape index (κ3) is 3.03. The molecule has 1 aromatic carbocycles. The normalized spacial score (nSPS) is 12.3. The van der Waals surface area contributed by atoms with Crippen molar-refractivity contribution in [2.24, 2.45) is 0 Å². The number of aryl methyl sites for hydroxylation is 3. The van der Waals surface area contributed by atoms with Crippen LogP contribution < -0.4 is 4.90 Å². The fourth-order valence-electron chi connectivity index (χ4n) is 2.50. The van der Waals surface area contributed by atoms with E-state index in [1.54, 1.807) is 6.92 Å². The molecule has 0 saturated heterocycles. The Morgan fingerprint density at radius 1 is 1.28 bits per heavy atom. The number of carboxylic acid groups (broad SMARTS) is 1. The van der Waals surface area contributed by atoms with Crippen molar-refractivity contribution in [3.8, 4) is 0 Å². The first-order valence-electron chi connectivity index (χ1n) is 6.45. The maximum atomic E-state index is 11.2. The second-order valence-electron chi connectivity index (χ2n) is 4.95. The Morgan fingerprint density at radius 3 is 2.17 bits per heavy atom. The maximum Gasteiger partial charge on any atom is 0.326 e. The molecule has 18 heavy (non-hydrogen) atoms. The molecule has 0 amide bonds. The summed E-state index contributed by atoms with van der Waals surface area (Å²) in [5, 5.41) is 9.24. The van der Waals surface area contributed by atoms with Gasteiger partial charge in [-0.25, -0.2) is 4.79 Å². The molecule has 0 aliphatic carbocycles. The molecule has 0 saturated carbocycles. The van der Waals surface area contributed by atoms with E-state index in [1.807, 2.05) is 18.7 Å². The summed E-state index contributed by atoms with van der Waals surface area (Å²) >= 11 is 0. The highest BCUT2D eigenvalue weighted by Crippen LogP contribution is 2.28. The molecule has 1 aromatic rings. The van der Waals surface area contributed by atoms with Gasteiger partial charge in [0.2, 0.25) is 0 Å². The number of nitrogens with zero attached hydrogens (tertiary/aromatic N) is 1. The standard InChI is InChI=1S/C15H23NO2/c1-6-7-16(13(5)15(17)18)14-11(3)8-10(2)9-12(14)4/h8-9,13H,6-7H2,1-5H3,(H,17,18)/t13-/m0/s1. The average molecular weight is 249 g/mol. The molecule has 0 unspecified atom stereocenters. The van der Waals surface area contributed by atoms with Gasteiger partial charge in [0.05, 0.1) is 0 Å². The summed E-state index contributed by atoms with van der Waals surface area (Å²) < 4.78 is 0. The molecule has 0 fully saturated rings. The van der Waals surface area contributed by atoms with Crippen molar-refractivity contribution in [1.82, 2.24) is 0 Å². The van der Waals surface area contributed by atoms with Gasteiger partial charge in [-0.15, -0.1) is 0 Å². The highest BCUT2D eigenvalue weighted by Gasteiger charge is 2.22. The van der Waals surface area contributed by atoms with Crippen molar-refractivity contribution in [2.45, 2.75) is 47.1 Å². The molecular weight excluding hydrogens is 226 g/mol. The van der Waals surface area contributed by atoms with Crippen molar-refractivity contribution in [2.75, 3.05) is 11.4 Å². The minimum Gasteiger partial charge on any atom is -0.480 e. The van der Waals surface area contributed by atoms with Gasteiger partial charge in [-0.3, -0.25) is 0 Å². The number of hydrogen-bond donors (Lipinski definition) is 1. The smallest absolute Gasteiger partial charge is 0.326 e. The third-order valence-electron chi connectivity index (χ3n) is 3.21. The van der Waals surface area contributed by atoms with Crippen molar-refractivity contribution in [1.29, 1.82) is 0 Å². The summed E-state index contributed by atoms with van der Waals surface area (Å²) in [6.07, 6.45) is 0.935. The van der Waals surface area contributed by atoms with Crippen LogP contribution >= 0.6 is 0 Å². The number of carbonyl (C=O) groups is 1. The largest absolute Gasteiger partial charge is 0.480 e. The third-order valence-corrected chi connectivity index (χ3v) is 3.21. The van der Waals surface area contributed by atoms with Crippen LogP contribution in [0.1, 0.15) is 37.0 Å². The number of rotatable bonds is 5. The monoisotopic (exact) mass is 249 g/mol. The molecule has 3 heteroatoms. The van der Waals surface area contributed by atoms with Gasteiger partial charge >= 0.3 is 5.97 Å². The number of aliphatic carboxylic acids is 1. The lowest BCUT2D eigenvalue weighted by molar-refractivity contribution is -0.138. The Morgan fingerprint density at radius 2 is 1.78 bits per heavy atom. The summed E-state index contributed by atoms with van der Waals surface area (Å²) in [5.41, 5.74) is 4.58. The number of benzene rings is 1. The van der Waals surface area contributed by atoms with Crippen LogP contribution in [0.3, 0.4) is 0 Å². The molecule has 1 atom stereocenters. The van der Waals surface area contributed by atoms with E-state index in [1.165, 1.54) is 5.56 Å². The van der Waals surface area contributed by atoms with Crippen LogP contribution in [0.5, 0.6) is 0 Å². The van der Waals surface area contributed by atoms with E-state index in [0.29, 0.717) is 0 Å². The Bertz CT molecular complexity index is 417. The molecule has 0 aliphatic heterocycles. The van der Waals surface area contributed by atoms with E-state index < -0.39 is 12.0 Å². The van der Waals surface area contributed by atoms with Crippen LogP contribution in [-0.4, -0.2) is 23.7 Å². The summed E-state index contributed by atoms with van der Waals surface area (Å²) in [5.74, 6) is -0.775. The van der Waals surface area contributed by atoms with E-state index in [2.05, 4.69) is 26.0 Å². The first-order valence-corrected chi connectivity index (χ1v) is 6.45. The lowest BCUT2D eigenvalue weighted by atomic mass is 10.0. The van der Waals surface area contributed by atoms with Crippen molar-refractivity contribution in [3.63, 3.8) is 0 Å². The van der Waals surface area contributed by atoms with Gasteiger partial charge in [0, 0.05) is 12.2 Å². The highest BCUT2D eigenvalue weighted by atomic mass is 16.4.